The first-order valence-corrected chi connectivity index (χ1v) is 7.69. The summed E-state index contributed by atoms with van der Waals surface area (Å²) in [5.41, 5.74) is 1.45. The minimum Gasteiger partial charge on any atom is -0.265 e. The Bertz CT molecular complexity index is 835. The summed E-state index contributed by atoms with van der Waals surface area (Å²) in [6, 6.07) is 13.3. The van der Waals surface area contributed by atoms with Gasteiger partial charge in [-0.05, 0) is 17.2 Å². The second kappa shape index (κ2) is 7.14. The van der Waals surface area contributed by atoms with Crippen LogP contribution in [0.25, 0.3) is 0 Å². The molecule has 0 aliphatic carbocycles. The molecule has 0 aromatic heterocycles. The van der Waals surface area contributed by atoms with E-state index in [0.717, 1.165) is 11.1 Å². The molecule has 0 aliphatic rings. The van der Waals surface area contributed by atoms with E-state index in [2.05, 4.69) is 5.92 Å². The summed E-state index contributed by atoms with van der Waals surface area (Å²) in [5, 5.41) is 22.1. The van der Waals surface area contributed by atoms with Crippen LogP contribution in [0.1, 0.15) is 36.5 Å². The van der Waals surface area contributed by atoms with Gasteiger partial charge in [0.1, 0.15) is 0 Å². The molecule has 1 atom stereocenters. The fraction of sp³-hybridized carbons (Fsp3) is 0.263. The third-order valence-corrected chi connectivity index (χ3v) is 4.52. The Kier molecular flexibility index (Phi) is 5.18. The van der Waals surface area contributed by atoms with Crippen molar-refractivity contribution in [1.29, 1.82) is 0 Å². The summed E-state index contributed by atoms with van der Waals surface area (Å²) < 4.78 is 0. The van der Waals surface area contributed by atoms with Gasteiger partial charge in [0.05, 0.1) is 10.8 Å². The van der Waals surface area contributed by atoms with Crippen molar-refractivity contribution in [2.75, 3.05) is 6.54 Å². The number of terminal acetylenes is 1. The third-order valence-electron chi connectivity index (χ3n) is 4.52. The minimum atomic E-state index is -0.644. The van der Waals surface area contributed by atoms with E-state index in [1.54, 1.807) is 36.4 Å². The molecular weight excluding hydrogens is 320 g/mol. The highest BCUT2D eigenvalue weighted by Crippen LogP contribution is 2.40. The lowest BCUT2D eigenvalue weighted by atomic mass is 9.69. The second-order valence-corrected chi connectivity index (χ2v) is 6.33. The highest BCUT2D eigenvalue weighted by Gasteiger charge is 2.37. The Morgan fingerprint density at radius 3 is 2.20 bits per heavy atom. The quantitative estimate of drug-likeness (QED) is 0.454. The van der Waals surface area contributed by atoms with Crippen LogP contribution in [-0.2, 0) is 5.41 Å². The number of nitro groups is 2. The predicted molar refractivity (Wildman–Crippen MR) is 95.1 cm³/mol. The fourth-order valence-corrected chi connectivity index (χ4v) is 3.01. The molecule has 0 bridgehead atoms. The second-order valence-electron chi connectivity index (χ2n) is 6.33. The minimum absolute atomic E-state index is 0.0191. The summed E-state index contributed by atoms with van der Waals surface area (Å²) in [7, 11) is 0. The number of nitrogens with zero attached hydrogens (tertiary/aromatic N) is 2. The van der Waals surface area contributed by atoms with Crippen LogP contribution < -0.4 is 0 Å². The first kappa shape index (κ1) is 18.1. The van der Waals surface area contributed by atoms with E-state index in [1.807, 2.05) is 13.8 Å². The molecule has 0 saturated heterocycles. The van der Waals surface area contributed by atoms with Crippen molar-refractivity contribution >= 4 is 5.69 Å². The number of non-ortho nitro benzene ring substituents is 1. The maximum absolute atomic E-state index is 11.3. The molecule has 0 spiro atoms. The van der Waals surface area contributed by atoms with E-state index in [1.165, 1.54) is 12.1 Å². The van der Waals surface area contributed by atoms with Gasteiger partial charge in [0, 0.05) is 28.0 Å². The summed E-state index contributed by atoms with van der Waals surface area (Å²) in [6.07, 6.45) is 5.56. The zero-order chi connectivity index (χ0) is 18.6. The zero-order valence-electron chi connectivity index (χ0n) is 14.0. The zero-order valence-corrected chi connectivity index (χ0v) is 14.0. The molecule has 0 amide bonds. The van der Waals surface area contributed by atoms with Crippen LogP contribution in [0, 0.1) is 32.6 Å². The molecule has 0 N–H and O–H groups in total. The lowest BCUT2D eigenvalue weighted by molar-refractivity contribution is -0.485. The first-order chi connectivity index (χ1) is 11.8. The van der Waals surface area contributed by atoms with Crippen molar-refractivity contribution in [3.8, 4) is 12.3 Å². The van der Waals surface area contributed by atoms with Crippen LogP contribution in [0.3, 0.4) is 0 Å². The van der Waals surface area contributed by atoms with E-state index in [9.17, 15) is 20.2 Å². The number of rotatable bonds is 6. The van der Waals surface area contributed by atoms with Crippen molar-refractivity contribution in [3.63, 3.8) is 0 Å². The van der Waals surface area contributed by atoms with Crippen LogP contribution in [0.4, 0.5) is 5.69 Å². The van der Waals surface area contributed by atoms with Gasteiger partial charge in [-0.2, -0.15) is 0 Å². The standard InChI is InChI=1S/C19H18N2O4/c1-4-14-7-5-6-8-17(14)18(13-20(22)23)19(2,3)15-9-11-16(12-10-15)21(24)25/h1,5-12,18H,13H2,2-3H3. The summed E-state index contributed by atoms with van der Waals surface area (Å²) in [6.45, 7) is 3.48. The monoisotopic (exact) mass is 338 g/mol. The summed E-state index contributed by atoms with van der Waals surface area (Å²) in [4.78, 5) is 21.3. The predicted octanol–water partition coefficient (Wildman–Crippen LogP) is 3.91. The Morgan fingerprint density at radius 2 is 1.68 bits per heavy atom. The van der Waals surface area contributed by atoms with Gasteiger partial charge >= 0.3 is 0 Å². The highest BCUT2D eigenvalue weighted by molar-refractivity contribution is 5.45. The molecule has 0 saturated carbocycles. The molecule has 2 aromatic rings. The maximum Gasteiger partial charge on any atom is 0.269 e. The number of nitro benzene ring substituents is 1. The average Bonchev–Trinajstić information content (AvgIpc) is 2.59. The molecule has 2 rings (SSSR count). The SMILES string of the molecule is C#Cc1ccccc1C(C[N+](=O)[O-])C(C)(C)c1ccc([N+](=O)[O-])cc1. The van der Waals surface area contributed by atoms with Crippen molar-refractivity contribution < 1.29 is 9.85 Å². The molecule has 6 nitrogen and oxygen atoms in total. The van der Waals surface area contributed by atoms with E-state index >= 15 is 0 Å². The van der Waals surface area contributed by atoms with Crippen LogP contribution in [0.15, 0.2) is 48.5 Å². The lowest BCUT2D eigenvalue weighted by Gasteiger charge is -2.33. The van der Waals surface area contributed by atoms with E-state index < -0.39 is 16.3 Å². The average molecular weight is 338 g/mol. The van der Waals surface area contributed by atoms with Crippen LogP contribution >= 0.6 is 0 Å². The summed E-state index contributed by atoms with van der Waals surface area (Å²) >= 11 is 0. The van der Waals surface area contributed by atoms with Crippen LogP contribution in [0.5, 0.6) is 0 Å². The summed E-state index contributed by atoms with van der Waals surface area (Å²) in [5.74, 6) is 2.11. The normalized spacial score (nSPS) is 12.2. The molecule has 0 aliphatic heterocycles. The number of hydrogen-bond donors (Lipinski definition) is 0. The molecule has 2 aromatic carbocycles. The Labute approximate surface area is 145 Å². The molecule has 1 unspecified atom stereocenters. The molecule has 6 heteroatoms. The Hall–Kier alpha value is -3.20. The van der Waals surface area contributed by atoms with Gasteiger partial charge in [-0.1, -0.05) is 50.1 Å². The van der Waals surface area contributed by atoms with Crippen molar-refractivity contribution in [1.82, 2.24) is 0 Å². The highest BCUT2D eigenvalue weighted by atomic mass is 16.6. The Balaban J connectivity index is 2.54. The van der Waals surface area contributed by atoms with Gasteiger partial charge < -0.3 is 0 Å². The van der Waals surface area contributed by atoms with Gasteiger partial charge in [0.15, 0.2) is 0 Å². The van der Waals surface area contributed by atoms with E-state index in [0.29, 0.717) is 5.56 Å². The van der Waals surface area contributed by atoms with Crippen LogP contribution in [-0.4, -0.2) is 16.4 Å². The van der Waals surface area contributed by atoms with Gasteiger partial charge in [0.25, 0.3) is 5.69 Å². The molecule has 128 valence electrons. The van der Waals surface area contributed by atoms with Crippen LogP contribution in [0.2, 0.25) is 0 Å². The number of hydrogen-bond acceptors (Lipinski definition) is 4. The Morgan fingerprint density at radius 1 is 1.08 bits per heavy atom. The molecular formula is C19H18N2O4. The smallest absolute Gasteiger partial charge is 0.265 e. The van der Waals surface area contributed by atoms with Crippen molar-refractivity contribution in [2.24, 2.45) is 0 Å². The fourth-order valence-electron chi connectivity index (χ4n) is 3.01. The maximum atomic E-state index is 11.3. The van der Waals surface area contributed by atoms with Gasteiger partial charge in [-0.3, -0.25) is 20.2 Å². The lowest BCUT2D eigenvalue weighted by Crippen LogP contribution is -2.32. The topological polar surface area (TPSA) is 86.3 Å². The molecule has 0 radical (unpaired) electrons. The van der Waals surface area contributed by atoms with E-state index in [4.69, 9.17) is 6.42 Å². The van der Waals surface area contributed by atoms with Crippen molar-refractivity contribution in [2.45, 2.75) is 25.2 Å². The molecule has 0 heterocycles. The van der Waals surface area contributed by atoms with Gasteiger partial charge in [-0.25, -0.2) is 0 Å². The van der Waals surface area contributed by atoms with Crippen molar-refractivity contribution in [3.05, 3.63) is 85.4 Å². The molecule has 25 heavy (non-hydrogen) atoms. The van der Waals surface area contributed by atoms with Gasteiger partial charge in [0.2, 0.25) is 6.54 Å². The van der Waals surface area contributed by atoms with Gasteiger partial charge in [-0.15, -0.1) is 6.42 Å². The largest absolute Gasteiger partial charge is 0.269 e. The number of benzene rings is 2. The third kappa shape index (κ3) is 3.83. The van der Waals surface area contributed by atoms with E-state index in [-0.39, 0.29) is 17.2 Å². The molecule has 0 fully saturated rings. The first-order valence-electron chi connectivity index (χ1n) is 7.69.